The number of carbonyl (C=O) groups is 1. The van der Waals surface area contributed by atoms with Gasteiger partial charge < -0.3 is 10.4 Å². The minimum absolute atomic E-state index is 0.0156. The fourth-order valence-corrected chi connectivity index (χ4v) is 4.28. The highest BCUT2D eigenvalue weighted by molar-refractivity contribution is 6.30. The van der Waals surface area contributed by atoms with Crippen molar-refractivity contribution in [1.82, 2.24) is 34.1 Å². The predicted octanol–water partition coefficient (Wildman–Crippen LogP) is 3.45. The summed E-state index contributed by atoms with van der Waals surface area (Å²) in [5, 5.41) is 20.7. The monoisotopic (exact) mass is 616 g/mol. The van der Waals surface area contributed by atoms with Crippen LogP contribution in [-0.4, -0.2) is 63.6 Å². The third kappa shape index (κ3) is 6.15. The average molecular weight is 617 g/mol. The second-order valence-electron chi connectivity index (χ2n) is 9.40. The minimum atomic E-state index is -5.00. The average Bonchev–Trinajstić information content (AvgIpc) is 3.54. The van der Waals surface area contributed by atoms with Crippen LogP contribution in [0.1, 0.15) is 12.2 Å². The van der Waals surface area contributed by atoms with Crippen LogP contribution >= 0.6 is 11.6 Å². The highest BCUT2D eigenvalue weighted by atomic mass is 35.5. The number of anilines is 1. The van der Waals surface area contributed by atoms with Crippen LogP contribution in [0.2, 0.25) is 5.02 Å². The van der Waals surface area contributed by atoms with Gasteiger partial charge in [-0.15, -0.1) is 10.2 Å². The molecule has 0 aliphatic heterocycles. The second-order valence-corrected chi connectivity index (χ2v) is 9.83. The molecule has 11 nitrogen and oxygen atoms in total. The summed E-state index contributed by atoms with van der Waals surface area (Å²) >= 11 is 5.89. The number of aromatic nitrogens is 7. The summed E-state index contributed by atoms with van der Waals surface area (Å²) in [4.78, 5) is 33.6. The van der Waals surface area contributed by atoms with E-state index in [4.69, 9.17) is 11.6 Å². The van der Waals surface area contributed by atoms with Crippen molar-refractivity contribution in [2.75, 3.05) is 5.32 Å². The number of amides is 1. The quantitative estimate of drug-likeness (QED) is 0.290. The summed E-state index contributed by atoms with van der Waals surface area (Å²) in [7, 11) is 0. The zero-order chi connectivity index (χ0) is 30.4. The number of aliphatic hydroxyl groups is 1. The standard InChI is InChI=1S/C24H19ClF6N8O3/c25-13-5-3-12(4-6-13)19-36-38(22(42)37(19)9-17(40)24(29,30)31)10-18-33-11-39(35-18)20-16(2-1-7-32-20)34-21(41)14-8-15(14)23(26,27)28/h1-7,11,14-15,17,40H,8-10H2,(H,34,41)/t14-,15?,17-/m0/s1. The Morgan fingerprint density at radius 2 is 1.81 bits per heavy atom. The molecule has 1 aromatic carbocycles. The Hall–Kier alpha value is -4.25. The smallest absolute Gasteiger partial charge is 0.382 e. The molecule has 2 N–H and O–H groups in total. The van der Waals surface area contributed by atoms with E-state index in [1.54, 1.807) is 0 Å². The van der Waals surface area contributed by atoms with Crippen molar-refractivity contribution in [3.63, 3.8) is 0 Å². The van der Waals surface area contributed by atoms with Crippen molar-refractivity contribution in [1.29, 1.82) is 0 Å². The summed E-state index contributed by atoms with van der Waals surface area (Å²) in [5.41, 5.74) is -0.686. The molecule has 3 heterocycles. The molecule has 4 aromatic rings. The van der Waals surface area contributed by atoms with Crippen LogP contribution in [-0.2, 0) is 17.9 Å². The van der Waals surface area contributed by atoms with Gasteiger partial charge in [0.2, 0.25) is 5.91 Å². The largest absolute Gasteiger partial charge is 0.416 e. The lowest BCUT2D eigenvalue weighted by Gasteiger charge is -2.15. The Kier molecular flexibility index (Phi) is 7.57. The first kappa shape index (κ1) is 29.2. The van der Waals surface area contributed by atoms with Crippen molar-refractivity contribution in [3.05, 3.63) is 70.3 Å². The van der Waals surface area contributed by atoms with Gasteiger partial charge in [-0.25, -0.2) is 24.1 Å². The topological polar surface area (TPSA) is 133 Å². The number of hydrogen-bond donors (Lipinski definition) is 2. The molecule has 1 aliphatic rings. The summed E-state index contributed by atoms with van der Waals surface area (Å²) < 4.78 is 80.5. The number of aliphatic hydroxyl groups excluding tert-OH is 1. The van der Waals surface area contributed by atoms with Crippen LogP contribution in [0.25, 0.3) is 17.2 Å². The van der Waals surface area contributed by atoms with E-state index in [0.29, 0.717) is 9.59 Å². The van der Waals surface area contributed by atoms with E-state index in [9.17, 15) is 41.0 Å². The predicted molar refractivity (Wildman–Crippen MR) is 134 cm³/mol. The molecule has 18 heteroatoms. The van der Waals surface area contributed by atoms with Crippen molar-refractivity contribution < 1.29 is 36.2 Å². The number of nitrogens with one attached hydrogen (secondary N) is 1. The zero-order valence-corrected chi connectivity index (χ0v) is 21.8. The molecular weight excluding hydrogens is 598 g/mol. The molecule has 1 saturated carbocycles. The lowest BCUT2D eigenvalue weighted by atomic mass is 10.2. The van der Waals surface area contributed by atoms with Gasteiger partial charge in [0.1, 0.15) is 12.9 Å². The second kappa shape index (κ2) is 10.9. The molecule has 5 rings (SSSR count). The first-order valence-corrected chi connectivity index (χ1v) is 12.5. The molecule has 222 valence electrons. The van der Waals surface area contributed by atoms with Gasteiger partial charge in [0.25, 0.3) is 0 Å². The van der Waals surface area contributed by atoms with Gasteiger partial charge in [-0.3, -0.25) is 9.36 Å². The number of pyridine rings is 1. The number of hydrogen-bond acceptors (Lipinski definition) is 7. The van der Waals surface area contributed by atoms with E-state index in [-0.39, 0.29) is 35.1 Å². The van der Waals surface area contributed by atoms with Crippen LogP contribution in [0.4, 0.5) is 32.0 Å². The first-order chi connectivity index (χ1) is 19.7. The Morgan fingerprint density at radius 1 is 1.10 bits per heavy atom. The maximum absolute atomic E-state index is 13.1. The van der Waals surface area contributed by atoms with E-state index in [1.807, 2.05) is 0 Å². The first-order valence-electron chi connectivity index (χ1n) is 12.1. The molecule has 3 aromatic heterocycles. The lowest BCUT2D eigenvalue weighted by molar-refractivity contribution is -0.207. The fourth-order valence-electron chi connectivity index (χ4n) is 4.15. The van der Waals surface area contributed by atoms with Gasteiger partial charge in [-0.2, -0.15) is 26.3 Å². The normalized spacial score (nSPS) is 17.7. The molecule has 1 unspecified atom stereocenters. The third-order valence-corrected chi connectivity index (χ3v) is 6.65. The van der Waals surface area contributed by atoms with Gasteiger partial charge in [-0.05, 0) is 42.8 Å². The highest BCUT2D eigenvalue weighted by Crippen LogP contribution is 2.50. The molecule has 0 spiro atoms. The molecule has 0 saturated heterocycles. The number of nitrogens with zero attached hydrogens (tertiary/aromatic N) is 7. The summed E-state index contributed by atoms with van der Waals surface area (Å²) in [5.74, 6) is -3.98. The molecule has 1 aliphatic carbocycles. The lowest BCUT2D eigenvalue weighted by Crippen LogP contribution is -2.37. The molecular formula is C24H19ClF6N8O3. The molecule has 1 amide bonds. The fraction of sp³-hybridized carbons (Fsp3) is 0.333. The van der Waals surface area contributed by atoms with Crippen LogP contribution in [0.15, 0.2) is 53.7 Å². The van der Waals surface area contributed by atoms with E-state index < -0.39 is 55.0 Å². The maximum Gasteiger partial charge on any atom is 0.416 e. The van der Waals surface area contributed by atoms with Gasteiger partial charge in [0.15, 0.2) is 23.6 Å². The minimum Gasteiger partial charge on any atom is -0.382 e. The Morgan fingerprint density at radius 3 is 2.45 bits per heavy atom. The van der Waals surface area contributed by atoms with E-state index in [2.05, 4.69) is 25.5 Å². The van der Waals surface area contributed by atoms with Gasteiger partial charge >= 0.3 is 18.0 Å². The summed E-state index contributed by atoms with van der Waals surface area (Å²) in [6.07, 6.45) is -10.1. The van der Waals surface area contributed by atoms with E-state index in [1.165, 1.54) is 48.9 Å². The van der Waals surface area contributed by atoms with Crippen molar-refractivity contribution >= 4 is 23.2 Å². The third-order valence-electron chi connectivity index (χ3n) is 6.40. The van der Waals surface area contributed by atoms with Crippen LogP contribution in [0, 0.1) is 11.8 Å². The number of benzene rings is 1. The Bertz CT molecular complexity index is 1660. The molecule has 42 heavy (non-hydrogen) atoms. The van der Waals surface area contributed by atoms with Crippen LogP contribution in [0.3, 0.4) is 0 Å². The molecule has 0 bridgehead atoms. The van der Waals surface area contributed by atoms with Crippen molar-refractivity contribution in [3.8, 4) is 17.2 Å². The van der Waals surface area contributed by atoms with Gasteiger partial charge in [0, 0.05) is 16.8 Å². The Labute approximate surface area is 236 Å². The van der Waals surface area contributed by atoms with E-state index >= 15 is 0 Å². The molecule has 0 radical (unpaired) electrons. The van der Waals surface area contributed by atoms with Crippen LogP contribution in [0.5, 0.6) is 0 Å². The molecule has 3 atom stereocenters. The van der Waals surface area contributed by atoms with Gasteiger partial charge in [0.05, 0.1) is 24.1 Å². The number of halogens is 7. The number of carbonyl (C=O) groups excluding carboxylic acids is 1. The zero-order valence-electron chi connectivity index (χ0n) is 21.0. The summed E-state index contributed by atoms with van der Waals surface area (Å²) in [6, 6.07) is 8.63. The van der Waals surface area contributed by atoms with Gasteiger partial charge in [-0.1, -0.05) is 11.6 Å². The van der Waals surface area contributed by atoms with Crippen molar-refractivity contribution in [2.24, 2.45) is 11.8 Å². The number of rotatable bonds is 8. The maximum atomic E-state index is 13.1. The Balaban J connectivity index is 1.40. The summed E-state index contributed by atoms with van der Waals surface area (Å²) in [6.45, 7) is -1.54. The molecule has 1 fully saturated rings. The van der Waals surface area contributed by atoms with E-state index in [0.717, 1.165) is 9.36 Å². The number of alkyl halides is 6. The SMILES string of the molecule is O=C(Nc1cccnc1-n1cnc(Cn2nc(-c3ccc(Cl)cc3)n(C[C@H](O)C(F)(F)F)c2=O)n1)[C@H]1CC1C(F)(F)F. The van der Waals surface area contributed by atoms with Crippen molar-refractivity contribution in [2.45, 2.75) is 38.0 Å². The van der Waals surface area contributed by atoms with Crippen LogP contribution < -0.4 is 11.0 Å². The highest BCUT2D eigenvalue weighted by Gasteiger charge is 2.58.